The Kier molecular flexibility index (Phi) is 7.16. The first-order valence-electron chi connectivity index (χ1n) is 7.76. The van der Waals surface area contributed by atoms with Crippen molar-refractivity contribution in [2.45, 2.75) is 6.92 Å². The number of hydrogen-bond donors (Lipinski definition) is 0. The van der Waals surface area contributed by atoms with E-state index in [-0.39, 0.29) is 41.2 Å². The zero-order valence-electron chi connectivity index (χ0n) is 14.6. The van der Waals surface area contributed by atoms with Crippen molar-refractivity contribution in [3.05, 3.63) is 27.6 Å². The highest BCUT2D eigenvalue weighted by atomic mass is 35.5. The molecule has 0 aromatic heterocycles. The Morgan fingerprint density at radius 2 is 2.15 bits per heavy atom. The smallest absolute Gasteiger partial charge is 0.344 e. The molecule has 1 aliphatic heterocycles. The maximum atomic E-state index is 12.2. The van der Waals surface area contributed by atoms with E-state index >= 15 is 0 Å². The number of thioether (sulfide) groups is 1. The number of carbonyl (C=O) groups excluding carboxylic acids is 3. The van der Waals surface area contributed by atoms with Gasteiger partial charge < -0.3 is 14.2 Å². The van der Waals surface area contributed by atoms with Crippen LogP contribution in [0.25, 0.3) is 6.08 Å². The molecule has 1 saturated heterocycles. The van der Waals surface area contributed by atoms with E-state index in [1.165, 1.54) is 19.3 Å². The molecule has 0 atom stereocenters. The lowest BCUT2D eigenvalue weighted by Gasteiger charge is -2.13. The molecule has 1 aliphatic rings. The van der Waals surface area contributed by atoms with Crippen molar-refractivity contribution in [1.29, 1.82) is 0 Å². The third-order valence-electron chi connectivity index (χ3n) is 3.31. The standard InChI is InChI=1S/C18H16ClNO6S/c1-4-6-20-17(22)14(27-18(20)23)9-11-7-12(19)16(13(8-11)24-3)26-10-15(21)25-5-2/h1,7-9H,5-6,10H2,2-3H3/b14-9+. The molecule has 1 aromatic carbocycles. The molecule has 2 amide bonds. The molecule has 0 saturated carbocycles. The zero-order chi connectivity index (χ0) is 20.0. The van der Waals surface area contributed by atoms with Gasteiger partial charge in [0.15, 0.2) is 18.1 Å². The van der Waals surface area contributed by atoms with Gasteiger partial charge in [-0.25, -0.2) is 4.79 Å². The first-order valence-corrected chi connectivity index (χ1v) is 8.95. The van der Waals surface area contributed by atoms with Crippen molar-refractivity contribution in [3.63, 3.8) is 0 Å². The molecule has 0 aliphatic carbocycles. The van der Waals surface area contributed by atoms with Crippen LogP contribution in [0.1, 0.15) is 12.5 Å². The minimum atomic E-state index is -0.540. The van der Waals surface area contributed by atoms with Gasteiger partial charge in [0.05, 0.1) is 30.2 Å². The van der Waals surface area contributed by atoms with Crippen LogP contribution in [0, 0.1) is 12.3 Å². The van der Waals surface area contributed by atoms with Crippen molar-refractivity contribution < 1.29 is 28.6 Å². The fourth-order valence-electron chi connectivity index (χ4n) is 2.18. The molecule has 2 rings (SSSR count). The molecule has 9 heteroatoms. The van der Waals surface area contributed by atoms with Crippen LogP contribution in [0.5, 0.6) is 11.5 Å². The summed E-state index contributed by atoms with van der Waals surface area (Å²) in [7, 11) is 1.41. The SMILES string of the molecule is C#CCN1C(=O)S/C(=C/c2cc(Cl)c(OCC(=O)OCC)c(OC)c2)C1=O. The zero-order valence-corrected chi connectivity index (χ0v) is 16.2. The van der Waals surface area contributed by atoms with E-state index in [0.29, 0.717) is 5.56 Å². The van der Waals surface area contributed by atoms with Gasteiger partial charge in [0.2, 0.25) is 0 Å². The molecule has 7 nitrogen and oxygen atoms in total. The number of benzene rings is 1. The van der Waals surface area contributed by atoms with Gasteiger partial charge in [0, 0.05) is 0 Å². The van der Waals surface area contributed by atoms with E-state index in [1.807, 2.05) is 0 Å². The highest BCUT2D eigenvalue weighted by molar-refractivity contribution is 8.18. The molecule has 1 heterocycles. The molecule has 27 heavy (non-hydrogen) atoms. The number of amides is 2. The number of ether oxygens (including phenoxy) is 3. The van der Waals surface area contributed by atoms with Gasteiger partial charge in [0.25, 0.3) is 11.1 Å². The second-order valence-electron chi connectivity index (χ2n) is 5.10. The second kappa shape index (κ2) is 9.35. The fourth-order valence-corrected chi connectivity index (χ4v) is 3.29. The maximum absolute atomic E-state index is 12.2. The number of terminal acetylenes is 1. The lowest BCUT2D eigenvalue weighted by Crippen LogP contribution is -2.28. The summed E-state index contributed by atoms with van der Waals surface area (Å²) in [4.78, 5) is 36.7. The first kappa shape index (κ1) is 20.7. The summed E-state index contributed by atoms with van der Waals surface area (Å²) in [5.74, 6) is 1.69. The molecule has 0 spiro atoms. The summed E-state index contributed by atoms with van der Waals surface area (Å²) < 4.78 is 15.4. The van der Waals surface area contributed by atoms with E-state index < -0.39 is 17.1 Å². The van der Waals surface area contributed by atoms with E-state index in [2.05, 4.69) is 5.92 Å². The molecule has 0 bridgehead atoms. The monoisotopic (exact) mass is 409 g/mol. The number of carbonyl (C=O) groups is 3. The van der Waals surface area contributed by atoms with Gasteiger partial charge >= 0.3 is 5.97 Å². The highest BCUT2D eigenvalue weighted by Crippen LogP contribution is 2.38. The lowest BCUT2D eigenvalue weighted by atomic mass is 10.1. The van der Waals surface area contributed by atoms with Crippen LogP contribution in [0.2, 0.25) is 5.02 Å². The Bertz CT molecular complexity index is 845. The van der Waals surface area contributed by atoms with E-state index in [9.17, 15) is 14.4 Å². The topological polar surface area (TPSA) is 82.1 Å². The van der Waals surface area contributed by atoms with E-state index in [1.54, 1.807) is 13.0 Å². The Labute approximate surface area is 165 Å². The summed E-state index contributed by atoms with van der Waals surface area (Å²) in [6, 6.07) is 3.10. The third-order valence-corrected chi connectivity index (χ3v) is 4.50. The number of esters is 1. The first-order chi connectivity index (χ1) is 12.9. The summed E-state index contributed by atoms with van der Waals surface area (Å²) in [5, 5.41) is -0.260. The van der Waals surface area contributed by atoms with Crippen molar-refractivity contribution in [1.82, 2.24) is 4.90 Å². The molecule has 0 radical (unpaired) electrons. The summed E-state index contributed by atoms with van der Waals surface area (Å²) >= 11 is 7.01. The molecule has 0 N–H and O–H groups in total. The quantitative estimate of drug-likeness (QED) is 0.389. The molecule has 1 aromatic rings. The number of methoxy groups -OCH3 is 1. The average molecular weight is 410 g/mol. The van der Waals surface area contributed by atoms with Gasteiger partial charge in [-0.3, -0.25) is 14.5 Å². The number of halogens is 1. The predicted molar refractivity (Wildman–Crippen MR) is 102 cm³/mol. The van der Waals surface area contributed by atoms with Crippen molar-refractivity contribution in [2.24, 2.45) is 0 Å². The lowest BCUT2D eigenvalue weighted by molar-refractivity contribution is -0.145. The Morgan fingerprint density at radius 3 is 2.78 bits per heavy atom. The summed E-state index contributed by atoms with van der Waals surface area (Å²) in [5.41, 5.74) is 0.520. The minimum Gasteiger partial charge on any atom is -0.493 e. The van der Waals surface area contributed by atoms with Crippen molar-refractivity contribution in [3.8, 4) is 23.8 Å². The van der Waals surface area contributed by atoms with Crippen LogP contribution in [-0.4, -0.2) is 48.9 Å². The molecule has 1 fully saturated rings. The van der Waals surface area contributed by atoms with E-state index in [4.69, 9.17) is 32.2 Å². The number of rotatable bonds is 7. The number of hydrogen-bond acceptors (Lipinski definition) is 7. The Hall–Kier alpha value is -2.63. The number of nitrogens with zero attached hydrogens (tertiary/aromatic N) is 1. The van der Waals surface area contributed by atoms with Crippen LogP contribution in [0.3, 0.4) is 0 Å². The van der Waals surface area contributed by atoms with Gasteiger partial charge in [-0.05, 0) is 42.5 Å². The van der Waals surface area contributed by atoms with Crippen LogP contribution in [0.4, 0.5) is 4.79 Å². The molecular weight excluding hydrogens is 394 g/mol. The van der Waals surface area contributed by atoms with Gasteiger partial charge in [-0.2, -0.15) is 0 Å². The third kappa shape index (κ3) is 4.96. The Morgan fingerprint density at radius 1 is 1.41 bits per heavy atom. The molecule has 142 valence electrons. The highest BCUT2D eigenvalue weighted by Gasteiger charge is 2.34. The van der Waals surface area contributed by atoms with Crippen molar-refractivity contribution >= 4 is 46.6 Å². The fraction of sp³-hybridized carbons (Fsp3) is 0.278. The summed E-state index contributed by atoms with van der Waals surface area (Å²) in [6.07, 6.45) is 6.67. The second-order valence-corrected chi connectivity index (χ2v) is 6.50. The molecular formula is C18H16ClNO6S. The van der Waals surface area contributed by atoms with E-state index in [0.717, 1.165) is 16.7 Å². The van der Waals surface area contributed by atoms with Crippen LogP contribution in [0.15, 0.2) is 17.0 Å². The normalized spacial score (nSPS) is 15.0. The minimum absolute atomic E-state index is 0.0906. The van der Waals surface area contributed by atoms with Gasteiger partial charge in [-0.1, -0.05) is 17.5 Å². The largest absolute Gasteiger partial charge is 0.493 e. The molecule has 0 unspecified atom stereocenters. The Balaban J connectivity index is 2.26. The predicted octanol–water partition coefficient (Wildman–Crippen LogP) is 2.96. The van der Waals surface area contributed by atoms with Crippen molar-refractivity contribution in [2.75, 3.05) is 26.9 Å². The number of imide groups is 1. The average Bonchev–Trinajstić information content (AvgIpc) is 2.88. The van der Waals surface area contributed by atoms with Gasteiger partial charge in [-0.15, -0.1) is 6.42 Å². The van der Waals surface area contributed by atoms with Crippen LogP contribution >= 0.6 is 23.4 Å². The van der Waals surface area contributed by atoms with Gasteiger partial charge in [0.1, 0.15) is 0 Å². The van der Waals surface area contributed by atoms with Crippen LogP contribution in [-0.2, 0) is 14.3 Å². The summed E-state index contributed by atoms with van der Waals surface area (Å²) in [6.45, 7) is 1.51. The maximum Gasteiger partial charge on any atom is 0.344 e. The van der Waals surface area contributed by atoms with Crippen LogP contribution < -0.4 is 9.47 Å².